The van der Waals surface area contributed by atoms with Crippen molar-refractivity contribution >= 4 is 5.78 Å². The van der Waals surface area contributed by atoms with Crippen LogP contribution in [0.5, 0.6) is 0 Å². The largest absolute Gasteiger partial charge is 0.310 e. The van der Waals surface area contributed by atoms with E-state index < -0.39 is 0 Å². The SMILES string of the molecule is CC(=O)c1ccc(C2NCCCC2C)cc1. The topological polar surface area (TPSA) is 29.1 Å². The van der Waals surface area contributed by atoms with Gasteiger partial charge in [0.15, 0.2) is 5.78 Å². The van der Waals surface area contributed by atoms with Gasteiger partial charge in [-0.05, 0) is 37.8 Å². The number of Topliss-reactive ketones (excluding diaryl/α,β-unsaturated/α-hetero) is 1. The lowest BCUT2D eigenvalue weighted by Crippen LogP contribution is -2.32. The molecule has 1 aliphatic heterocycles. The van der Waals surface area contributed by atoms with Gasteiger partial charge in [0.25, 0.3) is 0 Å². The van der Waals surface area contributed by atoms with E-state index in [1.807, 2.05) is 12.1 Å². The van der Waals surface area contributed by atoms with Crippen LogP contribution in [0.3, 0.4) is 0 Å². The number of carbonyl (C=O) groups excluding carboxylic acids is 1. The van der Waals surface area contributed by atoms with E-state index in [0.717, 1.165) is 12.1 Å². The number of carbonyl (C=O) groups is 1. The van der Waals surface area contributed by atoms with Crippen LogP contribution in [-0.4, -0.2) is 12.3 Å². The quantitative estimate of drug-likeness (QED) is 0.772. The molecule has 2 atom stereocenters. The fourth-order valence-corrected chi connectivity index (χ4v) is 2.42. The third-order valence-corrected chi connectivity index (χ3v) is 3.45. The number of ketones is 1. The van der Waals surface area contributed by atoms with E-state index in [0.29, 0.717) is 12.0 Å². The zero-order chi connectivity index (χ0) is 11.5. The molecular weight excluding hydrogens is 198 g/mol. The summed E-state index contributed by atoms with van der Waals surface area (Å²) in [4.78, 5) is 11.2. The molecule has 1 aromatic carbocycles. The third-order valence-electron chi connectivity index (χ3n) is 3.45. The zero-order valence-corrected chi connectivity index (χ0v) is 9.99. The van der Waals surface area contributed by atoms with Crippen LogP contribution >= 0.6 is 0 Å². The van der Waals surface area contributed by atoms with Crippen molar-refractivity contribution in [1.82, 2.24) is 5.32 Å². The predicted octanol–water partition coefficient (Wildman–Crippen LogP) is 2.95. The molecular formula is C14H19NO. The normalized spacial score (nSPS) is 25.4. The Bertz CT molecular complexity index is 369. The Morgan fingerprint density at radius 3 is 2.56 bits per heavy atom. The van der Waals surface area contributed by atoms with Crippen molar-refractivity contribution in [2.45, 2.75) is 32.7 Å². The van der Waals surface area contributed by atoms with Crippen molar-refractivity contribution in [3.05, 3.63) is 35.4 Å². The summed E-state index contributed by atoms with van der Waals surface area (Å²) in [6, 6.07) is 8.48. The van der Waals surface area contributed by atoms with E-state index in [2.05, 4.69) is 24.4 Å². The molecule has 86 valence electrons. The molecule has 2 unspecified atom stereocenters. The number of nitrogens with one attached hydrogen (secondary N) is 1. The summed E-state index contributed by atoms with van der Waals surface area (Å²) in [6.45, 7) is 5.00. The zero-order valence-electron chi connectivity index (χ0n) is 9.99. The number of rotatable bonds is 2. The maximum Gasteiger partial charge on any atom is 0.159 e. The first-order valence-corrected chi connectivity index (χ1v) is 6.03. The van der Waals surface area contributed by atoms with Gasteiger partial charge in [-0.3, -0.25) is 4.79 Å². The molecule has 2 nitrogen and oxygen atoms in total. The second-order valence-electron chi connectivity index (χ2n) is 4.73. The minimum atomic E-state index is 0.135. The lowest BCUT2D eigenvalue weighted by molar-refractivity contribution is 0.101. The highest BCUT2D eigenvalue weighted by Gasteiger charge is 2.21. The molecule has 1 aliphatic rings. The van der Waals surface area contributed by atoms with Crippen molar-refractivity contribution < 1.29 is 4.79 Å². The van der Waals surface area contributed by atoms with E-state index in [-0.39, 0.29) is 5.78 Å². The van der Waals surface area contributed by atoms with Gasteiger partial charge < -0.3 is 5.32 Å². The lowest BCUT2D eigenvalue weighted by Gasteiger charge is -2.30. The molecule has 2 heteroatoms. The van der Waals surface area contributed by atoms with Crippen LogP contribution in [0.4, 0.5) is 0 Å². The second-order valence-corrected chi connectivity index (χ2v) is 4.73. The first-order valence-electron chi connectivity index (χ1n) is 6.03. The molecule has 0 saturated carbocycles. The average Bonchev–Trinajstić information content (AvgIpc) is 2.30. The first-order chi connectivity index (χ1) is 7.68. The van der Waals surface area contributed by atoms with E-state index >= 15 is 0 Å². The van der Waals surface area contributed by atoms with Crippen molar-refractivity contribution in [2.75, 3.05) is 6.54 Å². The summed E-state index contributed by atoms with van der Waals surface area (Å²) in [7, 11) is 0. The Kier molecular flexibility index (Phi) is 3.39. The van der Waals surface area contributed by atoms with Gasteiger partial charge in [0.05, 0.1) is 0 Å². The highest BCUT2D eigenvalue weighted by Crippen LogP contribution is 2.28. The highest BCUT2D eigenvalue weighted by atomic mass is 16.1. The first kappa shape index (κ1) is 11.3. The maximum absolute atomic E-state index is 11.2. The molecule has 0 aliphatic carbocycles. The van der Waals surface area contributed by atoms with Crippen LogP contribution in [0.2, 0.25) is 0 Å². The van der Waals surface area contributed by atoms with Crippen LogP contribution in [0, 0.1) is 5.92 Å². The van der Waals surface area contributed by atoms with E-state index in [4.69, 9.17) is 0 Å². The monoisotopic (exact) mass is 217 g/mol. The van der Waals surface area contributed by atoms with Crippen molar-refractivity contribution in [3.63, 3.8) is 0 Å². The molecule has 1 N–H and O–H groups in total. The van der Waals surface area contributed by atoms with Gasteiger partial charge in [0.1, 0.15) is 0 Å². The Morgan fingerprint density at radius 2 is 2.00 bits per heavy atom. The van der Waals surface area contributed by atoms with Gasteiger partial charge in [-0.25, -0.2) is 0 Å². The minimum absolute atomic E-state index is 0.135. The van der Waals surface area contributed by atoms with Crippen LogP contribution in [-0.2, 0) is 0 Å². The Hall–Kier alpha value is -1.15. The van der Waals surface area contributed by atoms with Gasteiger partial charge in [-0.2, -0.15) is 0 Å². The molecule has 0 amide bonds. The molecule has 1 fully saturated rings. The fraction of sp³-hybridized carbons (Fsp3) is 0.500. The second kappa shape index (κ2) is 4.79. The minimum Gasteiger partial charge on any atom is -0.310 e. The van der Waals surface area contributed by atoms with Crippen molar-refractivity contribution in [3.8, 4) is 0 Å². The van der Waals surface area contributed by atoms with Gasteiger partial charge in [0.2, 0.25) is 0 Å². The number of piperidine rings is 1. The van der Waals surface area contributed by atoms with Gasteiger partial charge in [-0.1, -0.05) is 31.2 Å². The summed E-state index contributed by atoms with van der Waals surface area (Å²) < 4.78 is 0. The predicted molar refractivity (Wildman–Crippen MR) is 65.6 cm³/mol. The van der Waals surface area contributed by atoms with Crippen molar-refractivity contribution in [2.24, 2.45) is 5.92 Å². The Labute approximate surface area is 97.1 Å². The molecule has 0 aromatic heterocycles. The summed E-state index contributed by atoms with van der Waals surface area (Å²) >= 11 is 0. The third kappa shape index (κ3) is 2.33. The van der Waals surface area contributed by atoms with E-state index in [1.165, 1.54) is 18.4 Å². The molecule has 0 bridgehead atoms. The molecule has 1 saturated heterocycles. The molecule has 1 aromatic rings. The van der Waals surface area contributed by atoms with Crippen LogP contribution in [0.1, 0.15) is 48.7 Å². The number of hydrogen-bond acceptors (Lipinski definition) is 2. The fourth-order valence-electron chi connectivity index (χ4n) is 2.42. The maximum atomic E-state index is 11.2. The molecule has 16 heavy (non-hydrogen) atoms. The molecule has 2 rings (SSSR count). The Balaban J connectivity index is 2.17. The number of hydrogen-bond donors (Lipinski definition) is 1. The smallest absolute Gasteiger partial charge is 0.159 e. The summed E-state index contributed by atoms with van der Waals surface area (Å²) in [6.07, 6.45) is 2.55. The Morgan fingerprint density at radius 1 is 1.31 bits per heavy atom. The van der Waals surface area contributed by atoms with Crippen LogP contribution in [0.15, 0.2) is 24.3 Å². The van der Waals surface area contributed by atoms with Crippen LogP contribution < -0.4 is 5.32 Å². The van der Waals surface area contributed by atoms with Gasteiger partial charge in [-0.15, -0.1) is 0 Å². The summed E-state index contributed by atoms with van der Waals surface area (Å²) in [5, 5.41) is 3.55. The highest BCUT2D eigenvalue weighted by molar-refractivity contribution is 5.94. The van der Waals surface area contributed by atoms with Gasteiger partial charge in [0, 0.05) is 11.6 Å². The summed E-state index contributed by atoms with van der Waals surface area (Å²) in [5.74, 6) is 0.813. The standard InChI is InChI=1S/C14H19NO/c1-10-4-3-9-15-14(10)13-7-5-12(6-8-13)11(2)16/h5-8,10,14-15H,3-4,9H2,1-2H3. The van der Waals surface area contributed by atoms with E-state index in [1.54, 1.807) is 6.92 Å². The summed E-state index contributed by atoms with van der Waals surface area (Å²) in [5.41, 5.74) is 2.10. The lowest BCUT2D eigenvalue weighted by atomic mass is 9.87. The van der Waals surface area contributed by atoms with Crippen LogP contribution in [0.25, 0.3) is 0 Å². The molecule has 0 radical (unpaired) electrons. The molecule has 1 heterocycles. The van der Waals surface area contributed by atoms with E-state index in [9.17, 15) is 4.79 Å². The van der Waals surface area contributed by atoms with Crippen molar-refractivity contribution in [1.29, 1.82) is 0 Å². The number of benzene rings is 1. The molecule has 0 spiro atoms. The average molecular weight is 217 g/mol. The van der Waals surface area contributed by atoms with Gasteiger partial charge >= 0.3 is 0 Å².